The summed E-state index contributed by atoms with van der Waals surface area (Å²) in [6.45, 7) is 4.64. The van der Waals surface area contributed by atoms with E-state index in [4.69, 9.17) is 0 Å². The second kappa shape index (κ2) is 6.05. The van der Waals surface area contributed by atoms with E-state index in [1.165, 1.54) is 4.90 Å². The molecule has 1 fully saturated rings. The van der Waals surface area contributed by atoms with E-state index in [1.54, 1.807) is 24.3 Å². The standard InChI is InChI=1S/C15H20N2O3/c1-10(2)12-14(19)16-8-9-17(12)15(20)13(18)11-6-4-3-5-7-11/h3-7,10,12-13,18H,8-9H2,1-2H3,(H,16,19). The zero-order chi connectivity index (χ0) is 14.7. The monoisotopic (exact) mass is 276 g/mol. The molecule has 1 heterocycles. The average Bonchev–Trinajstić information content (AvgIpc) is 2.46. The molecule has 2 rings (SSSR count). The molecule has 20 heavy (non-hydrogen) atoms. The van der Waals surface area contributed by atoms with Gasteiger partial charge in [-0.15, -0.1) is 0 Å². The van der Waals surface area contributed by atoms with Gasteiger partial charge in [-0.1, -0.05) is 44.2 Å². The molecular formula is C15H20N2O3. The average molecular weight is 276 g/mol. The second-order valence-corrected chi connectivity index (χ2v) is 5.32. The number of rotatable bonds is 3. The minimum Gasteiger partial charge on any atom is -0.378 e. The van der Waals surface area contributed by atoms with Crippen LogP contribution in [0.2, 0.25) is 0 Å². The van der Waals surface area contributed by atoms with Crippen LogP contribution in [0.5, 0.6) is 0 Å². The van der Waals surface area contributed by atoms with Gasteiger partial charge in [0.2, 0.25) is 5.91 Å². The van der Waals surface area contributed by atoms with Crippen molar-refractivity contribution in [2.24, 2.45) is 5.92 Å². The predicted octanol–water partition coefficient (Wildman–Crippen LogP) is 0.703. The SMILES string of the molecule is CC(C)C1C(=O)NCCN1C(=O)C(O)c1ccccc1. The fourth-order valence-electron chi connectivity index (χ4n) is 2.53. The Morgan fingerprint density at radius 2 is 2.00 bits per heavy atom. The summed E-state index contributed by atoms with van der Waals surface area (Å²) in [5, 5.41) is 13.0. The van der Waals surface area contributed by atoms with Gasteiger partial charge < -0.3 is 15.3 Å². The maximum absolute atomic E-state index is 12.5. The van der Waals surface area contributed by atoms with Crippen molar-refractivity contribution in [1.82, 2.24) is 10.2 Å². The number of nitrogens with one attached hydrogen (secondary N) is 1. The third-order valence-corrected chi connectivity index (χ3v) is 3.52. The lowest BCUT2D eigenvalue weighted by Gasteiger charge is -2.38. The van der Waals surface area contributed by atoms with Gasteiger partial charge >= 0.3 is 0 Å². The summed E-state index contributed by atoms with van der Waals surface area (Å²) in [4.78, 5) is 25.9. The highest BCUT2D eigenvalue weighted by molar-refractivity contribution is 5.91. The van der Waals surface area contributed by atoms with Gasteiger partial charge in [-0.05, 0) is 11.5 Å². The van der Waals surface area contributed by atoms with E-state index < -0.39 is 18.1 Å². The zero-order valence-electron chi connectivity index (χ0n) is 11.7. The summed E-state index contributed by atoms with van der Waals surface area (Å²) < 4.78 is 0. The third kappa shape index (κ3) is 2.82. The molecule has 5 heteroatoms. The molecule has 108 valence electrons. The van der Waals surface area contributed by atoms with Gasteiger partial charge in [0.1, 0.15) is 6.04 Å². The predicted molar refractivity (Wildman–Crippen MR) is 74.8 cm³/mol. The Balaban J connectivity index is 2.20. The van der Waals surface area contributed by atoms with E-state index in [-0.39, 0.29) is 11.8 Å². The van der Waals surface area contributed by atoms with Gasteiger partial charge in [0.25, 0.3) is 5.91 Å². The molecule has 1 aliphatic heterocycles. The summed E-state index contributed by atoms with van der Waals surface area (Å²) in [6, 6.07) is 8.26. The van der Waals surface area contributed by atoms with Crippen LogP contribution >= 0.6 is 0 Å². The molecule has 2 amide bonds. The van der Waals surface area contributed by atoms with Gasteiger partial charge in [-0.25, -0.2) is 0 Å². The Morgan fingerprint density at radius 3 is 2.60 bits per heavy atom. The van der Waals surface area contributed by atoms with Crippen LogP contribution in [0, 0.1) is 5.92 Å². The highest BCUT2D eigenvalue weighted by Crippen LogP contribution is 2.21. The first-order valence-corrected chi connectivity index (χ1v) is 6.83. The molecule has 1 aliphatic rings. The van der Waals surface area contributed by atoms with E-state index in [1.807, 2.05) is 19.9 Å². The van der Waals surface area contributed by atoms with E-state index in [2.05, 4.69) is 5.32 Å². The van der Waals surface area contributed by atoms with Crippen molar-refractivity contribution in [2.45, 2.75) is 26.0 Å². The van der Waals surface area contributed by atoms with Crippen LogP contribution in [0.4, 0.5) is 0 Å². The lowest BCUT2D eigenvalue weighted by atomic mass is 9.98. The number of amides is 2. The summed E-state index contributed by atoms with van der Waals surface area (Å²) in [6.07, 6.45) is -1.22. The molecule has 0 aromatic heterocycles. The van der Waals surface area contributed by atoms with E-state index >= 15 is 0 Å². The molecule has 2 unspecified atom stereocenters. The summed E-state index contributed by atoms with van der Waals surface area (Å²) in [5.74, 6) is -0.563. The van der Waals surface area contributed by atoms with Gasteiger partial charge in [0.15, 0.2) is 6.10 Å². The second-order valence-electron chi connectivity index (χ2n) is 5.32. The van der Waals surface area contributed by atoms with Crippen molar-refractivity contribution >= 4 is 11.8 Å². The molecule has 0 saturated carbocycles. The molecule has 5 nitrogen and oxygen atoms in total. The van der Waals surface area contributed by atoms with Crippen LogP contribution in [0.15, 0.2) is 30.3 Å². The lowest BCUT2D eigenvalue weighted by molar-refractivity contribution is -0.151. The number of carbonyl (C=O) groups is 2. The summed E-state index contributed by atoms with van der Waals surface area (Å²) in [5.41, 5.74) is 0.547. The molecule has 2 N–H and O–H groups in total. The number of nitrogens with zero attached hydrogens (tertiary/aromatic N) is 1. The summed E-state index contributed by atoms with van der Waals surface area (Å²) in [7, 11) is 0. The van der Waals surface area contributed by atoms with Crippen molar-refractivity contribution in [3.05, 3.63) is 35.9 Å². The Bertz CT molecular complexity index is 487. The van der Waals surface area contributed by atoms with Crippen molar-refractivity contribution in [1.29, 1.82) is 0 Å². The molecule has 1 aromatic carbocycles. The Kier molecular flexibility index (Phi) is 4.39. The summed E-state index contributed by atoms with van der Waals surface area (Å²) >= 11 is 0. The number of piperazine rings is 1. The van der Waals surface area contributed by atoms with E-state index in [9.17, 15) is 14.7 Å². The minimum absolute atomic E-state index is 0.00206. The molecule has 0 spiro atoms. The van der Waals surface area contributed by atoms with Crippen LogP contribution in [0.3, 0.4) is 0 Å². The first-order chi connectivity index (χ1) is 9.52. The Morgan fingerprint density at radius 1 is 1.35 bits per heavy atom. The lowest BCUT2D eigenvalue weighted by Crippen LogP contribution is -2.60. The van der Waals surface area contributed by atoms with Crippen LogP contribution < -0.4 is 5.32 Å². The number of hydrogen-bond donors (Lipinski definition) is 2. The van der Waals surface area contributed by atoms with Crippen molar-refractivity contribution in [2.75, 3.05) is 13.1 Å². The fraction of sp³-hybridized carbons (Fsp3) is 0.467. The Labute approximate surface area is 118 Å². The van der Waals surface area contributed by atoms with Gasteiger partial charge in [-0.2, -0.15) is 0 Å². The maximum atomic E-state index is 12.5. The number of hydrogen-bond acceptors (Lipinski definition) is 3. The van der Waals surface area contributed by atoms with Gasteiger partial charge in [0.05, 0.1) is 0 Å². The van der Waals surface area contributed by atoms with Crippen molar-refractivity contribution in [3.63, 3.8) is 0 Å². The quantitative estimate of drug-likeness (QED) is 0.854. The highest BCUT2D eigenvalue weighted by Gasteiger charge is 2.37. The normalized spacial score (nSPS) is 20.7. The van der Waals surface area contributed by atoms with Crippen LogP contribution in [-0.4, -0.2) is 41.0 Å². The van der Waals surface area contributed by atoms with Crippen LogP contribution in [-0.2, 0) is 9.59 Å². The largest absolute Gasteiger partial charge is 0.378 e. The van der Waals surface area contributed by atoms with E-state index in [0.717, 1.165) is 0 Å². The molecule has 1 aromatic rings. The van der Waals surface area contributed by atoms with E-state index in [0.29, 0.717) is 18.7 Å². The number of aliphatic hydroxyl groups excluding tert-OH is 1. The number of carbonyl (C=O) groups excluding carboxylic acids is 2. The zero-order valence-corrected chi connectivity index (χ0v) is 11.7. The molecule has 2 atom stereocenters. The molecule has 1 saturated heterocycles. The minimum atomic E-state index is -1.22. The van der Waals surface area contributed by atoms with Gasteiger partial charge in [-0.3, -0.25) is 9.59 Å². The fourth-order valence-corrected chi connectivity index (χ4v) is 2.53. The highest BCUT2D eigenvalue weighted by atomic mass is 16.3. The first-order valence-electron chi connectivity index (χ1n) is 6.83. The smallest absolute Gasteiger partial charge is 0.256 e. The maximum Gasteiger partial charge on any atom is 0.256 e. The third-order valence-electron chi connectivity index (χ3n) is 3.52. The first kappa shape index (κ1) is 14.5. The van der Waals surface area contributed by atoms with Crippen molar-refractivity contribution in [3.8, 4) is 0 Å². The molecule has 0 radical (unpaired) electrons. The molecule has 0 aliphatic carbocycles. The Hall–Kier alpha value is -1.88. The number of benzene rings is 1. The van der Waals surface area contributed by atoms with Crippen LogP contribution in [0.1, 0.15) is 25.5 Å². The molecule has 0 bridgehead atoms. The van der Waals surface area contributed by atoms with Crippen LogP contribution in [0.25, 0.3) is 0 Å². The van der Waals surface area contributed by atoms with Crippen molar-refractivity contribution < 1.29 is 14.7 Å². The number of aliphatic hydroxyl groups is 1. The van der Waals surface area contributed by atoms with Gasteiger partial charge in [0, 0.05) is 13.1 Å². The topological polar surface area (TPSA) is 69.6 Å². The molecular weight excluding hydrogens is 256 g/mol.